The van der Waals surface area contributed by atoms with Crippen molar-refractivity contribution in [1.82, 2.24) is 9.55 Å². The minimum atomic E-state index is 0.665. The largest absolute Gasteiger partial charge is 0.383 e. The smallest absolute Gasteiger partial charge is 0.0992 e. The van der Waals surface area contributed by atoms with Crippen molar-refractivity contribution >= 4 is 17.3 Å². The highest BCUT2D eigenvalue weighted by atomic mass is 35.5. The fraction of sp³-hybridized carbons (Fsp3) is 0.400. The monoisotopic (exact) mass is 291 g/mol. The van der Waals surface area contributed by atoms with Crippen molar-refractivity contribution in [3.8, 4) is 5.69 Å². The molecule has 0 spiro atoms. The molecule has 106 valence electrons. The number of halogens is 1. The molecular weight excluding hydrogens is 274 g/mol. The molecule has 2 aromatic rings. The first kappa shape index (κ1) is 13.5. The van der Waals surface area contributed by atoms with Gasteiger partial charge < -0.3 is 14.6 Å². The van der Waals surface area contributed by atoms with Crippen molar-refractivity contribution in [2.24, 2.45) is 5.92 Å². The molecule has 0 aliphatic carbocycles. The zero-order valence-corrected chi connectivity index (χ0v) is 12.0. The number of benzene rings is 1. The van der Waals surface area contributed by atoms with Crippen molar-refractivity contribution in [3.63, 3.8) is 0 Å². The van der Waals surface area contributed by atoms with Gasteiger partial charge in [-0.3, -0.25) is 0 Å². The van der Waals surface area contributed by atoms with Crippen molar-refractivity contribution in [2.75, 3.05) is 25.1 Å². The third-order valence-corrected chi connectivity index (χ3v) is 3.98. The SMILES string of the molecule is Clc1cccc(NCC2CCOCC2)c1-n1ccnc1. The highest BCUT2D eigenvalue weighted by Crippen LogP contribution is 2.29. The Kier molecular flexibility index (Phi) is 4.23. The molecule has 0 bridgehead atoms. The normalized spacial score (nSPS) is 16.2. The highest BCUT2D eigenvalue weighted by molar-refractivity contribution is 6.33. The van der Waals surface area contributed by atoms with Gasteiger partial charge in [-0.25, -0.2) is 4.98 Å². The predicted octanol–water partition coefficient (Wildman–Crippen LogP) is 3.36. The molecule has 1 saturated heterocycles. The predicted molar refractivity (Wildman–Crippen MR) is 80.6 cm³/mol. The van der Waals surface area contributed by atoms with Crippen LogP contribution in [0.4, 0.5) is 5.69 Å². The summed E-state index contributed by atoms with van der Waals surface area (Å²) in [6.07, 6.45) is 7.66. The second-order valence-corrected chi connectivity index (χ2v) is 5.45. The van der Waals surface area contributed by atoms with E-state index in [2.05, 4.69) is 16.4 Å². The maximum Gasteiger partial charge on any atom is 0.0992 e. The van der Waals surface area contributed by atoms with Gasteiger partial charge in [0.15, 0.2) is 0 Å². The number of nitrogens with one attached hydrogen (secondary N) is 1. The van der Waals surface area contributed by atoms with Crippen LogP contribution < -0.4 is 5.32 Å². The number of hydrogen-bond acceptors (Lipinski definition) is 3. The lowest BCUT2D eigenvalue weighted by molar-refractivity contribution is 0.0699. The van der Waals surface area contributed by atoms with Crippen LogP contribution in [-0.2, 0) is 4.74 Å². The zero-order chi connectivity index (χ0) is 13.8. The van der Waals surface area contributed by atoms with E-state index in [-0.39, 0.29) is 0 Å². The van der Waals surface area contributed by atoms with Crippen molar-refractivity contribution in [2.45, 2.75) is 12.8 Å². The summed E-state index contributed by atoms with van der Waals surface area (Å²) in [5.74, 6) is 0.665. The lowest BCUT2D eigenvalue weighted by Gasteiger charge is -2.23. The van der Waals surface area contributed by atoms with Crippen molar-refractivity contribution in [1.29, 1.82) is 0 Å². The van der Waals surface area contributed by atoms with E-state index in [0.717, 1.165) is 49.0 Å². The second-order valence-electron chi connectivity index (χ2n) is 5.04. The van der Waals surface area contributed by atoms with Gasteiger partial charge in [-0.2, -0.15) is 0 Å². The third-order valence-electron chi connectivity index (χ3n) is 3.67. The maximum absolute atomic E-state index is 6.33. The second kappa shape index (κ2) is 6.29. The molecular formula is C15H18ClN3O. The standard InChI is InChI=1S/C15H18ClN3O/c16-13-2-1-3-14(15(13)19-7-6-17-11-19)18-10-12-4-8-20-9-5-12/h1-3,6-7,11-12,18H,4-5,8-10H2. The number of anilines is 1. The van der Waals surface area contributed by atoms with Crippen LogP contribution in [0.1, 0.15) is 12.8 Å². The van der Waals surface area contributed by atoms with Gasteiger partial charge >= 0.3 is 0 Å². The van der Waals surface area contributed by atoms with Crippen LogP contribution in [0.5, 0.6) is 0 Å². The molecule has 0 atom stereocenters. The zero-order valence-electron chi connectivity index (χ0n) is 11.3. The van der Waals surface area contributed by atoms with Gasteiger partial charge in [0.1, 0.15) is 0 Å². The van der Waals surface area contributed by atoms with Crippen molar-refractivity contribution < 1.29 is 4.74 Å². The molecule has 1 aliphatic rings. The Hall–Kier alpha value is -1.52. The summed E-state index contributed by atoms with van der Waals surface area (Å²) in [5, 5.41) is 4.25. The van der Waals surface area contributed by atoms with E-state index in [4.69, 9.17) is 16.3 Å². The van der Waals surface area contributed by atoms with Gasteiger partial charge in [0.25, 0.3) is 0 Å². The summed E-state index contributed by atoms with van der Waals surface area (Å²) in [7, 11) is 0. The third kappa shape index (κ3) is 2.97. The number of nitrogens with zero attached hydrogens (tertiary/aromatic N) is 2. The molecule has 1 aromatic heterocycles. The van der Waals surface area contributed by atoms with E-state index in [0.29, 0.717) is 5.92 Å². The number of para-hydroxylation sites is 1. The summed E-state index contributed by atoms with van der Waals surface area (Å²) in [5.41, 5.74) is 2.00. The lowest BCUT2D eigenvalue weighted by atomic mass is 10.0. The molecule has 1 fully saturated rings. The summed E-state index contributed by atoms with van der Waals surface area (Å²) in [6, 6.07) is 5.92. The Bertz CT molecular complexity index is 550. The molecule has 1 aliphatic heterocycles. The molecule has 20 heavy (non-hydrogen) atoms. The first-order valence-electron chi connectivity index (χ1n) is 6.93. The Morgan fingerprint density at radius 1 is 1.35 bits per heavy atom. The van der Waals surface area contributed by atoms with E-state index in [1.807, 2.05) is 22.9 Å². The Morgan fingerprint density at radius 3 is 2.95 bits per heavy atom. The number of hydrogen-bond donors (Lipinski definition) is 1. The Labute approximate surface area is 123 Å². The van der Waals surface area contributed by atoms with Gasteiger partial charge in [-0.15, -0.1) is 0 Å². The van der Waals surface area contributed by atoms with Crippen LogP contribution in [0, 0.1) is 5.92 Å². The minimum Gasteiger partial charge on any atom is -0.383 e. The van der Waals surface area contributed by atoms with Crippen LogP contribution in [0.3, 0.4) is 0 Å². The summed E-state index contributed by atoms with van der Waals surface area (Å²) < 4.78 is 7.33. The van der Waals surface area contributed by atoms with Crippen LogP contribution in [0.25, 0.3) is 5.69 Å². The molecule has 2 heterocycles. The molecule has 4 nitrogen and oxygen atoms in total. The van der Waals surface area contributed by atoms with E-state index < -0.39 is 0 Å². The minimum absolute atomic E-state index is 0.665. The Balaban J connectivity index is 1.77. The van der Waals surface area contributed by atoms with Crippen LogP contribution >= 0.6 is 11.6 Å². The van der Waals surface area contributed by atoms with Gasteiger partial charge in [-0.05, 0) is 30.9 Å². The van der Waals surface area contributed by atoms with Gasteiger partial charge in [0.2, 0.25) is 0 Å². The summed E-state index contributed by atoms with van der Waals surface area (Å²) >= 11 is 6.33. The Morgan fingerprint density at radius 2 is 2.20 bits per heavy atom. The highest BCUT2D eigenvalue weighted by Gasteiger charge is 2.15. The fourth-order valence-electron chi connectivity index (χ4n) is 2.52. The number of aromatic nitrogens is 2. The van der Waals surface area contributed by atoms with Crippen LogP contribution in [0.15, 0.2) is 36.9 Å². The molecule has 0 amide bonds. The molecule has 0 saturated carbocycles. The van der Waals surface area contributed by atoms with Crippen molar-refractivity contribution in [3.05, 3.63) is 41.9 Å². The molecule has 3 rings (SSSR count). The summed E-state index contributed by atoms with van der Waals surface area (Å²) in [4.78, 5) is 4.09. The summed E-state index contributed by atoms with van der Waals surface area (Å²) in [6.45, 7) is 2.69. The quantitative estimate of drug-likeness (QED) is 0.939. The van der Waals surface area contributed by atoms with Gasteiger partial charge in [-0.1, -0.05) is 17.7 Å². The number of ether oxygens (including phenoxy) is 1. The van der Waals surface area contributed by atoms with E-state index in [1.165, 1.54) is 0 Å². The molecule has 1 N–H and O–H groups in total. The van der Waals surface area contributed by atoms with E-state index >= 15 is 0 Å². The number of imidazole rings is 1. The van der Waals surface area contributed by atoms with Gasteiger partial charge in [0.05, 0.1) is 22.7 Å². The van der Waals surface area contributed by atoms with Crippen LogP contribution in [-0.4, -0.2) is 29.3 Å². The average molecular weight is 292 g/mol. The molecule has 1 aromatic carbocycles. The molecule has 0 radical (unpaired) electrons. The first-order valence-corrected chi connectivity index (χ1v) is 7.31. The number of rotatable bonds is 4. The topological polar surface area (TPSA) is 39.1 Å². The first-order chi connectivity index (χ1) is 9.84. The van der Waals surface area contributed by atoms with E-state index in [9.17, 15) is 0 Å². The molecule has 0 unspecified atom stereocenters. The fourth-order valence-corrected chi connectivity index (χ4v) is 2.79. The molecule has 5 heteroatoms. The maximum atomic E-state index is 6.33. The van der Waals surface area contributed by atoms with Crippen LogP contribution in [0.2, 0.25) is 5.02 Å². The van der Waals surface area contributed by atoms with Gasteiger partial charge in [0, 0.05) is 32.2 Å². The lowest BCUT2D eigenvalue weighted by Crippen LogP contribution is -2.23. The average Bonchev–Trinajstić information content (AvgIpc) is 3.00. The van der Waals surface area contributed by atoms with E-state index in [1.54, 1.807) is 12.5 Å².